The van der Waals surface area contributed by atoms with Crippen LogP contribution in [-0.4, -0.2) is 27.6 Å². The smallest absolute Gasteiger partial charge is 0.287 e. The Bertz CT molecular complexity index is 1430. The molecule has 5 rings (SSSR count). The zero-order chi connectivity index (χ0) is 22.8. The highest BCUT2D eigenvalue weighted by Crippen LogP contribution is 2.29. The third-order valence-electron chi connectivity index (χ3n) is 5.76. The van der Waals surface area contributed by atoms with Gasteiger partial charge in [-0.15, -0.1) is 6.58 Å². The van der Waals surface area contributed by atoms with Crippen LogP contribution in [-0.2, 0) is 13.0 Å². The van der Waals surface area contributed by atoms with E-state index in [0.717, 1.165) is 39.1 Å². The summed E-state index contributed by atoms with van der Waals surface area (Å²) in [5.74, 6) is 1.45. The molecule has 0 fully saturated rings. The number of H-pyrrole nitrogens is 1. The number of aromatic amines is 1. The lowest BCUT2D eigenvalue weighted by Crippen LogP contribution is -2.31. The molecule has 1 atom stereocenters. The number of aromatic nitrogens is 3. The molecule has 3 aromatic heterocycles. The third kappa shape index (κ3) is 3.89. The Morgan fingerprint density at radius 3 is 2.94 bits per heavy atom. The number of benzene rings is 2. The Kier molecular flexibility index (Phi) is 5.44. The predicted molar refractivity (Wildman–Crippen MR) is 127 cm³/mol. The first-order chi connectivity index (χ1) is 16.2. The van der Waals surface area contributed by atoms with Crippen molar-refractivity contribution in [2.24, 2.45) is 0 Å². The molecule has 2 N–H and O–H groups in total. The number of fused-ring (bicyclic) bond motifs is 2. The molecule has 0 spiro atoms. The zero-order valence-corrected chi connectivity index (χ0v) is 18.2. The van der Waals surface area contributed by atoms with Crippen LogP contribution in [0.1, 0.15) is 28.0 Å². The van der Waals surface area contributed by atoms with Gasteiger partial charge in [-0.1, -0.05) is 24.3 Å². The molecular weight excluding hydrogens is 416 g/mol. The number of carbonyl (C=O) groups excluding carboxylic acids is 1. The van der Waals surface area contributed by atoms with Crippen molar-refractivity contribution in [2.75, 3.05) is 7.11 Å². The number of rotatable bonds is 8. The van der Waals surface area contributed by atoms with Gasteiger partial charge in [0.15, 0.2) is 5.76 Å². The third-order valence-corrected chi connectivity index (χ3v) is 5.76. The molecule has 3 heterocycles. The van der Waals surface area contributed by atoms with Crippen LogP contribution in [0.5, 0.6) is 5.75 Å². The fourth-order valence-corrected chi connectivity index (χ4v) is 4.20. The topological polar surface area (TPSA) is 85.1 Å². The number of ether oxygens (including phenoxy) is 1. The first kappa shape index (κ1) is 20.6. The van der Waals surface area contributed by atoms with Crippen molar-refractivity contribution in [3.63, 3.8) is 0 Å². The number of furan rings is 1. The van der Waals surface area contributed by atoms with Gasteiger partial charge in [0.05, 0.1) is 30.4 Å². The second-order valence-electron chi connectivity index (χ2n) is 7.79. The van der Waals surface area contributed by atoms with E-state index in [1.165, 1.54) is 6.26 Å². The first-order valence-electron chi connectivity index (χ1n) is 10.7. The predicted octanol–water partition coefficient (Wildman–Crippen LogP) is 5.02. The minimum Gasteiger partial charge on any atom is -0.497 e. The van der Waals surface area contributed by atoms with Crippen LogP contribution in [0.3, 0.4) is 0 Å². The molecule has 0 aliphatic heterocycles. The van der Waals surface area contributed by atoms with Crippen molar-refractivity contribution < 1.29 is 13.9 Å². The number of hydrogen-bond donors (Lipinski definition) is 2. The average Bonchev–Trinajstić information content (AvgIpc) is 3.58. The molecule has 0 radical (unpaired) electrons. The molecule has 2 aromatic carbocycles. The minimum atomic E-state index is -0.403. The number of amides is 1. The van der Waals surface area contributed by atoms with Crippen LogP contribution in [0.2, 0.25) is 0 Å². The molecule has 0 bridgehead atoms. The van der Waals surface area contributed by atoms with Gasteiger partial charge in [-0.25, -0.2) is 4.98 Å². The van der Waals surface area contributed by atoms with E-state index >= 15 is 0 Å². The number of allylic oxidation sites excluding steroid dienone is 1. The lowest BCUT2D eigenvalue weighted by Gasteiger charge is -2.19. The van der Waals surface area contributed by atoms with Crippen molar-refractivity contribution in [1.29, 1.82) is 0 Å². The second-order valence-corrected chi connectivity index (χ2v) is 7.79. The van der Waals surface area contributed by atoms with Crippen molar-refractivity contribution in [2.45, 2.75) is 19.0 Å². The SMILES string of the molecule is C=CCn1c(C(Cc2c[nH]c3ccccc23)NC(=O)c2ccco2)nc2ccc(OC)cc21. The van der Waals surface area contributed by atoms with Crippen LogP contribution in [0.4, 0.5) is 0 Å². The molecule has 33 heavy (non-hydrogen) atoms. The molecule has 1 unspecified atom stereocenters. The van der Waals surface area contributed by atoms with Gasteiger partial charge in [-0.05, 0) is 35.9 Å². The van der Waals surface area contributed by atoms with Gasteiger partial charge in [0.2, 0.25) is 0 Å². The average molecular weight is 441 g/mol. The summed E-state index contributed by atoms with van der Waals surface area (Å²) in [7, 11) is 1.64. The first-order valence-corrected chi connectivity index (χ1v) is 10.7. The summed E-state index contributed by atoms with van der Waals surface area (Å²) in [6, 6.07) is 16.8. The number of imidazole rings is 1. The molecule has 166 valence electrons. The maximum absolute atomic E-state index is 13.0. The lowest BCUT2D eigenvalue weighted by molar-refractivity contribution is 0.0906. The van der Waals surface area contributed by atoms with E-state index in [2.05, 4.69) is 27.5 Å². The highest BCUT2D eigenvalue weighted by atomic mass is 16.5. The molecule has 7 heteroatoms. The molecular formula is C26H24N4O3. The van der Waals surface area contributed by atoms with E-state index in [9.17, 15) is 4.79 Å². The van der Waals surface area contributed by atoms with E-state index in [-0.39, 0.29) is 11.7 Å². The quantitative estimate of drug-likeness (QED) is 0.332. The summed E-state index contributed by atoms with van der Waals surface area (Å²) in [6.07, 6.45) is 5.85. The Labute approximate surface area is 190 Å². The van der Waals surface area contributed by atoms with Crippen LogP contribution in [0, 0.1) is 0 Å². The van der Waals surface area contributed by atoms with Crippen LogP contribution in [0.15, 0.2) is 84.1 Å². The molecule has 0 aliphatic carbocycles. The summed E-state index contributed by atoms with van der Waals surface area (Å²) in [5, 5.41) is 4.25. The molecule has 0 aliphatic rings. The summed E-state index contributed by atoms with van der Waals surface area (Å²) in [6.45, 7) is 4.46. The van der Waals surface area contributed by atoms with Crippen LogP contribution < -0.4 is 10.1 Å². The lowest BCUT2D eigenvalue weighted by atomic mass is 10.0. The standard InChI is InChI=1S/C26H24N4O3/c1-3-12-30-23-15-18(32-2)10-11-21(23)28-25(30)22(29-26(31)24-9-6-13-33-24)14-17-16-27-20-8-5-4-7-19(17)20/h3-11,13,15-16,22,27H,1,12,14H2,2H3,(H,29,31). The van der Waals surface area contributed by atoms with E-state index in [1.807, 2.05) is 48.7 Å². The maximum Gasteiger partial charge on any atom is 0.287 e. The van der Waals surface area contributed by atoms with Crippen molar-refractivity contribution >= 4 is 27.8 Å². The van der Waals surface area contributed by atoms with Gasteiger partial charge < -0.3 is 24.0 Å². The van der Waals surface area contributed by atoms with E-state index < -0.39 is 6.04 Å². The van der Waals surface area contributed by atoms with E-state index in [1.54, 1.807) is 19.2 Å². The van der Waals surface area contributed by atoms with Crippen LogP contribution >= 0.6 is 0 Å². The Hall–Kier alpha value is -4.26. The molecule has 5 aromatic rings. The van der Waals surface area contributed by atoms with Gasteiger partial charge in [-0.3, -0.25) is 4.79 Å². The Morgan fingerprint density at radius 2 is 2.15 bits per heavy atom. The van der Waals surface area contributed by atoms with Crippen molar-refractivity contribution in [1.82, 2.24) is 19.9 Å². The molecule has 0 saturated carbocycles. The number of methoxy groups -OCH3 is 1. The zero-order valence-electron chi connectivity index (χ0n) is 18.2. The molecule has 0 saturated heterocycles. The number of nitrogens with zero attached hydrogens (tertiary/aromatic N) is 2. The minimum absolute atomic E-state index is 0.256. The summed E-state index contributed by atoms with van der Waals surface area (Å²) >= 11 is 0. The number of carbonyl (C=O) groups is 1. The molecule has 1 amide bonds. The van der Waals surface area contributed by atoms with E-state index in [4.69, 9.17) is 14.1 Å². The Morgan fingerprint density at radius 1 is 1.27 bits per heavy atom. The van der Waals surface area contributed by atoms with Gasteiger partial charge in [0.1, 0.15) is 11.6 Å². The summed E-state index contributed by atoms with van der Waals surface area (Å²) < 4.78 is 12.8. The van der Waals surface area contributed by atoms with Crippen LogP contribution in [0.25, 0.3) is 21.9 Å². The highest BCUT2D eigenvalue weighted by Gasteiger charge is 2.25. The van der Waals surface area contributed by atoms with Crippen molar-refractivity contribution in [3.8, 4) is 5.75 Å². The Balaban J connectivity index is 1.61. The summed E-state index contributed by atoms with van der Waals surface area (Å²) in [4.78, 5) is 21.2. The fourth-order valence-electron chi connectivity index (χ4n) is 4.20. The van der Waals surface area contributed by atoms with Gasteiger partial charge in [0, 0.05) is 36.1 Å². The molecule has 7 nitrogen and oxygen atoms in total. The normalized spacial score (nSPS) is 12.2. The largest absolute Gasteiger partial charge is 0.497 e. The fraction of sp³-hybridized carbons (Fsp3) is 0.154. The second kappa shape index (κ2) is 8.70. The van der Waals surface area contributed by atoms with E-state index in [0.29, 0.717) is 13.0 Å². The number of para-hydroxylation sites is 1. The summed E-state index contributed by atoms with van der Waals surface area (Å²) in [5.41, 5.74) is 3.88. The maximum atomic E-state index is 13.0. The highest BCUT2D eigenvalue weighted by molar-refractivity contribution is 5.92. The number of nitrogens with one attached hydrogen (secondary N) is 2. The van der Waals surface area contributed by atoms with Gasteiger partial charge in [0.25, 0.3) is 5.91 Å². The number of hydrogen-bond acceptors (Lipinski definition) is 4. The van der Waals surface area contributed by atoms with Gasteiger partial charge >= 0.3 is 0 Å². The van der Waals surface area contributed by atoms with Crippen molar-refractivity contribution in [3.05, 3.63) is 96.9 Å². The van der Waals surface area contributed by atoms with Gasteiger partial charge in [-0.2, -0.15) is 0 Å². The monoisotopic (exact) mass is 440 g/mol.